The Morgan fingerprint density at radius 1 is 1.24 bits per heavy atom. The second-order valence-corrected chi connectivity index (χ2v) is 8.17. The molecule has 2 N–H and O–H groups in total. The number of carbonyl (C=O) groups is 1. The molecule has 1 amide bonds. The maximum absolute atomic E-state index is 12.2. The number of H-pyrrole nitrogens is 1. The molecule has 4 aromatic rings. The highest BCUT2D eigenvalue weighted by atomic mass is 32.1. The second-order valence-electron chi connectivity index (χ2n) is 7.72. The molecule has 0 saturated heterocycles. The van der Waals surface area contributed by atoms with E-state index in [0.29, 0.717) is 0 Å². The van der Waals surface area contributed by atoms with Gasteiger partial charge in [0.05, 0.1) is 11.2 Å². The molecule has 0 aliphatic heterocycles. The molecule has 29 heavy (non-hydrogen) atoms. The van der Waals surface area contributed by atoms with Crippen molar-refractivity contribution in [3.63, 3.8) is 0 Å². The number of aromatic nitrogens is 3. The summed E-state index contributed by atoms with van der Waals surface area (Å²) in [6.07, 6.45) is 6.56. The number of hydrogen-bond donors (Lipinski definition) is 3. The third-order valence-electron chi connectivity index (χ3n) is 5.43. The lowest BCUT2D eigenvalue weighted by Gasteiger charge is -2.10. The van der Waals surface area contributed by atoms with Gasteiger partial charge in [-0.25, -0.2) is 4.98 Å². The molecule has 1 fully saturated rings. The summed E-state index contributed by atoms with van der Waals surface area (Å²) in [5, 5.41) is 5.25. The number of hydrogen-bond acceptors (Lipinski definition) is 4. The number of amides is 1. The number of thiol groups is 1. The zero-order valence-corrected chi connectivity index (χ0v) is 17.1. The van der Waals surface area contributed by atoms with Crippen LogP contribution >= 0.6 is 12.6 Å². The van der Waals surface area contributed by atoms with Crippen molar-refractivity contribution in [1.29, 1.82) is 0 Å². The van der Waals surface area contributed by atoms with Crippen LogP contribution in [0.25, 0.3) is 33.1 Å². The monoisotopic (exact) mass is 402 g/mol. The molecule has 0 bridgehead atoms. The number of benzene rings is 1. The number of aryl methyl sites for hydroxylation is 2. The smallest absolute Gasteiger partial charge is 0.227 e. The molecule has 3 heterocycles. The number of rotatable bonds is 5. The van der Waals surface area contributed by atoms with Crippen LogP contribution in [0.4, 0.5) is 5.69 Å². The molecule has 1 aliphatic rings. The maximum atomic E-state index is 12.2. The molecule has 1 saturated carbocycles. The highest BCUT2D eigenvalue weighted by molar-refractivity contribution is 7.80. The Morgan fingerprint density at radius 2 is 2.10 bits per heavy atom. The number of anilines is 1. The van der Waals surface area contributed by atoms with Gasteiger partial charge in [-0.2, -0.15) is 12.6 Å². The molecular weight excluding hydrogens is 380 g/mol. The van der Waals surface area contributed by atoms with Gasteiger partial charge in [-0.15, -0.1) is 0 Å². The number of pyridine rings is 2. The second kappa shape index (κ2) is 7.19. The molecule has 0 spiro atoms. The molecule has 0 unspecified atom stereocenters. The van der Waals surface area contributed by atoms with Gasteiger partial charge in [0.25, 0.3) is 0 Å². The van der Waals surface area contributed by atoms with Crippen LogP contribution in [0.3, 0.4) is 0 Å². The molecule has 0 atom stereocenters. The first kappa shape index (κ1) is 18.2. The first-order valence-corrected chi connectivity index (χ1v) is 10.6. The fourth-order valence-corrected chi connectivity index (χ4v) is 4.02. The van der Waals surface area contributed by atoms with Crippen molar-refractivity contribution in [2.45, 2.75) is 26.2 Å². The van der Waals surface area contributed by atoms with Crippen LogP contribution < -0.4 is 5.32 Å². The Balaban J connectivity index is 1.68. The zero-order chi connectivity index (χ0) is 20.0. The third-order valence-corrected chi connectivity index (χ3v) is 5.66. The average molecular weight is 403 g/mol. The summed E-state index contributed by atoms with van der Waals surface area (Å²) in [5.74, 6) is 1.02. The fraction of sp³-hybridized carbons (Fsp3) is 0.261. The van der Waals surface area contributed by atoms with E-state index < -0.39 is 0 Å². The molecule has 5 rings (SSSR count). The van der Waals surface area contributed by atoms with Crippen molar-refractivity contribution in [3.05, 3.63) is 54.0 Å². The summed E-state index contributed by atoms with van der Waals surface area (Å²) < 4.78 is 0. The lowest BCUT2D eigenvalue weighted by atomic mass is 10.00. The van der Waals surface area contributed by atoms with E-state index in [9.17, 15) is 4.79 Å². The van der Waals surface area contributed by atoms with Crippen LogP contribution in [-0.4, -0.2) is 26.6 Å². The van der Waals surface area contributed by atoms with E-state index in [0.717, 1.165) is 75.0 Å². The molecule has 3 aromatic heterocycles. The van der Waals surface area contributed by atoms with Crippen molar-refractivity contribution >= 4 is 46.2 Å². The normalized spacial score (nSPS) is 13.9. The van der Waals surface area contributed by atoms with E-state index in [2.05, 4.69) is 47.0 Å². The van der Waals surface area contributed by atoms with E-state index in [4.69, 9.17) is 4.98 Å². The summed E-state index contributed by atoms with van der Waals surface area (Å²) in [4.78, 5) is 24.9. The number of nitrogens with zero attached hydrogens (tertiary/aromatic N) is 2. The lowest BCUT2D eigenvalue weighted by Crippen LogP contribution is -2.13. The topological polar surface area (TPSA) is 70.7 Å². The van der Waals surface area contributed by atoms with Crippen molar-refractivity contribution in [2.75, 3.05) is 11.1 Å². The van der Waals surface area contributed by atoms with Gasteiger partial charge in [0.1, 0.15) is 5.65 Å². The van der Waals surface area contributed by atoms with E-state index in [-0.39, 0.29) is 11.8 Å². The van der Waals surface area contributed by atoms with Crippen LogP contribution in [0, 0.1) is 12.8 Å². The minimum absolute atomic E-state index is 0.112. The van der Waals surface area contributed by atoms with E-state index >= 15 is 0 Å². The fourth-order valence-electron chi connectivity index (χ4n) is 3.81. The zero-order valence-electron chi connectivity index (χ0n) is 16.2. The first-order chi connectivity index (χ1) is 14.1. The molecule has 5 nitrogen and oxygen atoms in total. The minimum Gasteiger partial charge on any atom is -0.338 e. The van der Waals surface area contributed by atoms with Crippen LogP contribution in [0.1, 0.15) is 24.1 Å². The SMILES string of the molecule is Cc1cnc2[nH]c3c(CCS)ncc(-c4cccc(NC(=O)C5CC5)c4)c3c2c1. The summed E-state index contributed by atoms with van der Waals surface area (Å²) in [5.41, 5.74) is 6.85. The number of nitrogens with one attached hydrogen (secondary N) is 2. The first-order valence-electron chi connectivity index (χ1n) is 9.92. The highest BCUT2D eigenvalue weighted by Crippen LogP contribution is 2.36. The van der Waals surface area contributed by atoms with Crippen molar-refractivity contribution in [2.24, 2.45) is 5.92 Å². The molecule has 1 aliphatic carbocycles. The molecular formula is C23H22N4OS. The standard InChI is InChI=1S/C23H22N4OS/c1-13-9-17-20-18(12-24-19(7-8-29)21(20)27-22(17)25-11-13)15-3-2-4-16(10-15)26-23(28)14-5-6-14/h2-4,9-12,14,29H,5-8H2,1H3,(H,25,27)(H,26,28). The van der Waals surface area contributed by atoms with Crippen molar-refractivity contribution in [3.8, 4) is 11.1 Å². The van der Waals surface area contributed by atoms with Gasteiger partial charge in [-0.05, 0) is 54.8 Å². The van der Waals surface area contributed by atoms with Gasteiger partial charge < -0.3 is 10.3 Å². The number of carbonyl (C=O) groups excluding carboxylic acids is 1. The Kier molecular flexibility index (Phi) is 4.51. The molecule has 0 radical (unpaired) electrons. The van der Waals surface area contributed by atoms with Gasteiger partial charge in [0.2, 0.25) is 5.91 Å². The van der Waals surface area contributed by atoms with Crippen LogP contribution in [-0.2, 0) is 11.2 Å². The summed E-state index contributed by atoms with van der Waals surface area (Å²) in [6, 6.07) is 10.2. The quantitative estimate of drug-likeness (QED) is 0.416. The molecule has 146 valence electrons. The minimum atomic E-state index is 0.112. The van der Waals surface area contributed by atoms with Gasteiger partial charge in [0, 0.05) is 46.8 Å². The third kappa shape index (κ3) is 3.38. The Bertz CT molecular complexity index is 1240. The van der Waals surface area contributed by atoms with E-state index in [1.165, 1.54) is 0 Å². The highest BCUT2D eigenvalue weighted by Gasteiger charge is 2.29. The largest absolute Gasteiger partial charge is 0.338 e. The van der Waals surface area contributed by atoms with Crippen LogP contribution in [0.2, 0.25) is 0 Å². The van der Waals surface area contributed by atoms with Crippen LogP contribution in [0.15, 0.2) is 42.7 Å². The van der Waals surface area contributed by atoms with Crippen molar-refractivity contribution in [1.82, 2.24) is 15.0 Å². The average Bonchev–Trinajstić information content (AvgIpc) is 3.50. The predicted octanol–water partition coefficient (Wildman–Crippen LogP) is 4.91. The van der Waals surface area contributed by atoms with Gasteiger partial charge >= 0.3 is 0 Å². The molecule has 6 heteroatoms. The van der Waals surface area contributed by atoms with E-state index in [1.807, 2.05) is 30.6 Å². The van der Waals surface area contributed by atoms with Gasteiger partial charge in [-0.1, -0.05) is 12.1 Å². The Hall–Kier alpha value is -2.86. The van der Waals surface area contributed by atoms with Gasteiger partial charge in [-0.3, -0.25) is 9.78 Å². The van der Waals surface area contributed by atoms with Crippen molar-refractivity contribution < 1.29 is 4.79 Å². The Morgan fingerprint density at radius 3 is 2.90 bits per heavy atom. The number of aromatic amines is 1. The summed E-state index contributed by atoms with van der Waals surface area (Å²) in [7, 11) is 0. The number of fused-ring (bicyclic) bond motifs is 3. The Labute approximate surface area is 174 Å². The molecule has 1 aromatic carbocycles. The van der Waals surface area contributed by atoms with Gasteiger partial charge in [0.15, 0.2) is 0 Å². The van der Waals surface area contributed by atoms with Crippen LogP contribution in [0.5, 0.6) is 0 Å². The van der Waals surface area contributed by atoms with E-state index in [1.54, 1.807) is 0 Å². The lowest BCUT2D eigenvalue weighted by molar-refractivity contribution is -0.117. The predicted molar refractivity (Wildman–Crippen MR) is 120 cm³/mol. The maximum Gasteiger partial charge on any atom is 0.227 e. The summed E-state index contributed by atoms with van der Waals surface area (Å²) in [6.45, 7) is 2.05. The summed E-state index contributed by atoms with van der Waals surface area (Å²) >= 11 is 4.39.